The zero-order chi connectivity index (χ0) is 8.55. The highest BCUT2D eigenvalue weighted by Gasteiger charge is 1.99. The normalized spacial score (nSPS) is 8.93. The van der Waals surface area contributed by atoms with Gasteiger partial charge >= 0.3 is 0 Å². The fraction of sp³-hybridized carbons (Fsp3) is 0.200. The Hall–Kier alpha value is -1.35. The van der Waals surface area contributed by atoms with Gasteiger partial charge in [0.05, 0.1) is 11.0 Å². The summed E-state index contributed by atoms with van der Waals surface area (Å²) in [6, 6.07) is 7.23. The molecule has 0 aliphatic rings. The quantitative estimate of drug-likeness (QED) is 0.730. The molecule has 76 valence electrons. The van der Waals surface area contributed by atoms with E-state index in [9.17, 15) is 4.79 Å². The number of nitrogens with one attached hydrogen (secondary N) is 1. The van der Waals surface area contributed by atoms with Crippen molar-refractivity contribution in [1.82, 2.24) is 9.97 Å². The summed E-state index contributed by atoms with van der Waals surface area (Å²) in [4.78, 5) is 17.5. The number of halogens is 1. The standard InChI is InChI=1S/C8H5ClN2O.2CH4/c9-7-8(12)11-6-4-2-1-3-5(6)10-7;;/h1-4H,(H,11,12);2*1H4. The van der Waals surface area contributed by atoms with Crippen LogP contribution < -0.4 is 5.56 Å². The number of fused-ring (bicyclic) bond motifs is 1. The smallest absolute Gasteiger partial charge is 0.286 e. The van der Waals surface area contributed by atoms with Gasteiger partial charge in [0.15, 0.2) is 5.15 Å². The van der Waals surface area contributed by atoms with Crippen LogP contribution in [0.3, 0.4) is 0 Å². The third-order valence-corrected chi connectivity index (χ3v) is 1.81. The van der Waals surface area contributed by atoms with Crippen LogP contribution >= 0.6 is 11.6 Å². The van der Waals surface area contributed by atoms with E-state index in [0.29, 0.717) is 11.0 Å². The van der Waals surface area contributed by atoms with E-state index >= 15 is 0 Å². The highest BCUT2D eigenvalue weighted by atomic mass is 35.5. The molecule has 1 aromatic heterocycles. The Morgan fingerprint density at radius 2 is 1.86 bits per heavy atom. The molecule has 3 nitrogen and oxygen atoms in total. The van der Waals surface area contributed by atoms with Gasteiger partial charge in [0.2, 0.25) is 0 Å². The van der Waals surface area contributed by atoms with E-state index < -0.39 is 0 Å². The maximum absolute atomic E-state index is 11.0. The summed E-state index contributed by atoms with van der Waals surface area (Å²) in [5, 5.41) is -0.0197. The lowest BCUT2D eigenvalue weighted by Crippen LogP contribution is -2.07. The van der Waals surface area contributed by atoms with Crippen LogP contribution in [0.1, 0.15) is 14.9 Å². The molecule has 2 rings (SSSR count). The van der Waals surface area contributed by atoms with Crippen molar-refractivity contribution in [3.63, 3.8) is 0 Å². The van der Waals surface area contributed by atoms with E-state index in [2.05, 4.69) is 9.97 Å². The van der Waals surface area contributed by atoms with Crippen LogP contribution in [0, 0.1) is 0 Å². The summed E-state index contributed by atoms with van der Waals surface area (Å²) in [6.07, 6.45) is 0. The van der Waals surface area contributed by atoms with Gasteiger partial charge in [0, 0.05) is 0 Å². The summed E-state index contributed by atoms with van der Waals surface area (Å²) >= 11 is 5.53. The van der Waals surface area contributed by atoms with Gasteiger partial charge in [0.1, 0.15) is 0 Å². The van der Waals surface area contributed by atoms with Crippen LogP contribution in [-0.4, -0.2) is 9.97 Å². The van der Waals surface area contributed by atoms with Gasteiger partial charge in [0.25, 0.3) is 5.56 Å². The van der Waals surface area contributed by atoms with Gasteiger partial charge in [-0.3, -0.25) is 4.79 Å². The first-order chi connectivity index (χ1) is 5.77. The third-order valence-electron chi connectivity index (χ3n) is 1.56. The highest BCUT2D eigenvalue weighted by molar-refractivity contribution is 6.29. The summed E-state index contributed by atoms with van der Waals surface area (Å²) in [5.74, 6) is 0. The minimum atomic E-state index is -0.352. The second-order valence-corrected chi connectivity index (χ2v) is 2.73. The molecule has 2 aromatic rings. The van der Waals surface area contributed by atoms with Gasteiger partial charge in [-0.05, 0) is 12.1 Å². The van der Waals surface area contributed by atoms with E-state index in [1.807, 2.05) is 12.1 Å². The number of aromatic amines is 1. The van der Waals surface area contributed by atoms with Gasteiger partial charge in [-0.25, -0.2) is 4.98 Å². The fourth-order valence-electron chi connectivity index (χ4n) is 1.01. The highest BCUT2D eigenvalue weighted by Crippen LogP contribution is 2.07. The Labute approximate surface area is 87.8 Å². The first-order valence-corrected chi connectivity index (χ1v) is 3.80. The number of aromatic nitrogens is 2. The third kappa shape index (κ3) is 2.12. The van der Waals surface area contributed by atoms with E-state index in [-0.39, 0.29) is 25.6 Å². The van der Waals surface area contributed by atoms with E-state index in [4.69, 9.17) is 11.6 Å². The molecule has 0 spiro atoms. The number of para-hydroxylation sites is 2. The topological polar surface area (TPSA) is 45.8 Å². The predicted octanol–water partition coefficient (Wildman–Crippen LogP) is 2.85. The van der Waals surface area contributed by atoms with Crippen molar-refractivity contribution in [3.05, 3.63) is 39.8 Å². The molecule has 0 saturated heterocycles. The van der Waals surface area contributed by atoms with E-state index in [1.54, 1.807) is 12.1 Å². The minimum absolute atomic E-state index is 0. The molecule has 0 unspecified atom stereocenters. The van der Waals surface area contributed by atoms with Gasteiger partial charge in [-0.1, -0.05) is 38.6 Å². The molecule has 1 heterocycles. The molecule has 14 heavy (non-hydrogen) atoms. The molecule has 1 aromatic carbocycles. The SMILES string of the molecule is C.C.O=c1[nH]c2ccccc2nc1Cl. The molecule has 0 saturated carbocycles. The summed E-state index contributed by atoms with van der Waals surface area (Å²) in [7, 11) is 0. The lowest BCUT2D eigenvalue weighted by molar-refractivity contribution is 1.22. The molecular formula is C10H13ClN2O. The van der Waals surface area contributed by atoms with Gasteiger partial charge < -0.3 is 4.98 Å². The van der Waals surface area contributed by atoms with Crippen LogP contribution in [0.25, 0.3) is 11.0 Å². The molecule has 0 amide bonds. The molecule has 0 atom stereocenters. The lowest BCUT2D eigenvalue weighted by Gasteiger charge is -1.94. The Kier molecular flexibility index (Phi) is 4.31. The molecular weight excluding hydrogens is 200 g/mol. The van der Waals surface area contributed by atoms with E-state index in [0.717, 1.165) is 0 Å². The Morgan fingerprint density at radius 3 is 2.57 bits per heavy atom. The summed E-state index contributed by atoms with van der Waals surface area (Å²) in [6.45, 7) is 0. The Morgan fingerprint density at radius 1 is 1.21 bits per heavy atom. The Balaban J connectivity index is 0.000000845. The number of hydrogen-bond donors (Lipinski definition) is 1. The number of H-pyrrole nitrogens is 1. The second kappa shape index (κ2) is 4.77. The molecule has 0 fully saturated rings. The van der Waals surface area contributed by atoms with Crippen LogP contribution in [0.5, 0.6) is 0 Å². The van der Waals surface area contributed by atoms with Crippen molar-refractivity contribution < 1.29 is 0 Å². The van der Waals surface area contributed by atoms with Crippen LogP contribution in [-0.2, 0) is 0 Å². The Bertz CT molecular complexity index is 479. The molecule has 0 aliphatic heterocycles. The van der Waals surface area contributed by atoms with Crippen molar-refractivity contribution in [3.8, 4) is 0 Å². The average Bonchev–Trinajstić information content (AvgIpc) is 2.07. The lowest BCUT2D eigenvalue weighted by atomic mass is 10.3. The summed E-state index contributed by atoms with van der Waals surface area (Å²) < 4.78 is 0. The first kappa shape index (κ1) is 12.7. The maximum atomic E-state index is 11.0. The number of benzene rings is 1. The van der Waals surface area contributed by atoms with Crippen molar-refractivity contribution in [1.29, 1.82) is 0 Å². The zero-order valence-corrected chi connectivity index (χ0v) is 6.80. The molecule has 4 heteroatoms. The molecule has 1 N–H and O–H groups in total. The van der Waals surface area contributed by atoms with Crippen LogP contribution in [0.2, 0.25) is 5.15 Å². The number of rotatable bonds is 0. The van der Waals surface area contributed by atoms with E-state index in [1.165, 1.54) is 0 Å². The zero-order valence-electron chi connectivity index (χ0n) is 6.04. The molecule has 0 aliphatic carbocycles. The van der Waals surface area contributed by atoms with Crippen LogP contribution in [0.4, 0.5) is 0 Å². The largest absolute Gasteiger partial charge is 0.318 e. The van der Waals surface area contributed by atoms with Gasteiger partial charge in [-0.2, -0.15) is 0 Å². The van der Waals surface area contributed by atoms with Crippen molar-refractivity contribution >= 4 is 22.6 Å². The van der Waals surface area contributed by atoms with Gasteiger partial charge in [-0.15, -0.1) is 0 Å². The minimum Gasteiger partial charge on any atom is -0.318 e. The number of hydrogen-bond acceptors (Lipinski definition) is 2. The van der Waals surface area contributed by atoms with Crippen molar-refractivity contribution in [2.24, 2.45) is 0 Å². The molecule has 0 bridgehead atoms. The average molecular weight is 213 g/mol. The second-order valence-electron chi connectivity index (χ2n) is 2.37. The first-order valence-electron chi connectivity index (χ1n) is 3.42. The van der Waals surface area contributed by atoms with Crippen molar-refractivity contribution in [2.45, 2.75) is 14.9 Å². The number of nitrogens with zero attached hydrogens (tertiary/aromatic N) is 1. The monoisotopic (exact) mass is 212 g/mol. The summed E-state index contributed by atoms with van der Waals surface area (Å²) in [5.41, 5.74) is 1.05. The molecule has 0 radical (unpaired) electrons. The van der Waals surface area contributed by atoms with Crippen LogP contribution in [0.15, 0.2) is 29.1 Å². The fourth-order valence-corrected chi connectivity index (χ4v) is 1.15. The van der Waals surface area contributed by atoms with Crippen molar-refractivity contribution in [2.75, 3.05) is 0 Å². The predicted molar refractivity (Wildman–Crippen MR) is 60.8 cm³/mol. The maximum Gasteiger partial charge on any atom is 0.286 e.